The van der Waals surface area contributed by atoms with Crippen molar-refractivity contribution in [3.63, 3.8) is 0 Å². The highest BCUT2D eigenvalue weighted by molar-refractivity contribution is 7.89. The molecule has 37 heavy (non-hydrogen) atoms. The molecule has 1 aliphatic heterocycles. The third-order valence-corrected chi connectivity index (χ3v) is 8.99. The van der Waals surface area contributed by atoms with Crippen LogP contribution in [0.5, 0.6) is 0 Å². The molecule has 0 radical (unpaired) electrons. The third kappa shape index (κ3) is 6.71. The van der Waals surface area contributed by atoms with Gasteiger partial charge in [0.15, 0.2) is 0 Å². The third-order valence-electron chi connectivity index (χ3n) is 6.82. The monoisotopic (exact) mass is 546 g/mol. The molecule has 10 heteroatoms. The van der Waals surface area contributed by atoms with E-state index in [0.29, 0.717) is 10.9 Å². The molecule has 0 bridgehead atoms. The van der Waals surface area contributed by atoms with Crippen LogP contribution in [-0.2, 0) is 32.6 Å². The highest BCUT2D eigenvalue weighted by Gasteiger charge is 2.40. The molecule has 2 aromatic rings. The number of carbonyl (C=O) groups is 2. The van der Waals surface area contributed by atoms with Gasteiger partial charge in [-0.05, 0) is 72.7 Å². The number of hydrogen-bond donors (Lipinski definition) is 3. The van der Waals surface area contributed by atoms with E-state index in [9.17, 15) is 18.0 Å². The fourth-order valence-electron chi connectivity index (χ4n) is 4.98. The molecule has 1 aliphatic carbocycles. The van der Waals surface area contributed by atoms with Gasteiger partial charge in [-0.15, -0.1) is 0 Å². The average Bonchev–Trinajstić information content (AvgIpc) is 2.85. The van der Waals surface area contributed by atoms with Crippen LogP contribution in [0.4, 0.5) is 0 Å². The number of sulfonamides is 1. The number of halogens is 1. The Kier molecular flexibility index (Phi) is 8.90. The lowest BCUT2D eigenvalue weighted by Gasteiger charge is -2.34. The molecule has 2 atom stereocenters. The standard InChI is InChI=1S/C27H35ClN4O4S/c1-18(2)16-29-17-19-6-11-23-20(14-19)4-3-5-24(23)31-26(33)15-25-27(34)30-12-13-32(25)37(35,36)22-9-7-21(28)8-10-22/h6-11,14,18,24-25,29H,3-5,12-13,15-17H2,1-2H3,(H,30,34)(H,31,33)/t24-,25-/m1/s1. The van der Waals surface area contributed by atoms with Crippen molar-refractivity contribution >= 4 is 33.4 Å². The molecule has 2 aliphatic rings. The topological polar surface area (TPSA) is 108 Å². The summed E-state index contributed by atoms with van der Waals surface area (Å²) in [5.74, 6) is -0.235. The first kappa shape index (κ1) is 27.6. The van der Waals surface area contributed by atoms with Gasteiger partial charge in [0.2, 0.25) is 21.8 Å². The lowest BCUT2D eigenvalue weighted by molar-refractivity contribution is -0.132. The van der Waals surface area contributed by atoms with E-state index >= 15 is 0 Å². The zero-order chi connectivity index (χ0) is 26.6. The molecule has 1 heterocycles. The Morgan fingerprint density at radius 3 is 2.68 bits per heavy atom. The molecule has 1 fully saturated rings. The number of carbonyl (C=O) groups excluding carboxylic acids is 2. The van der Waals surface area contributed by atoms with Crippen molar-refractivity contribution in [3.8, 4) is 0 Å². The molecule has 0 spiro atoms. The second-order valence-electron chi connectivity index (χ2n) is 10.2. The van der Waals surface area contributed by atoms with Crippen molar-refractivity contribution < 1.29 is 18.0 Å². The maximum absolute atomic E-state index is 13.3. The second kappa shape index (κ2) is 11.9. The number of benzene rings is 2. The van der Waals surface area contributed by atoms with Crippen LogP contribution in [0.3, 0.4) is 0 Å². The van der Waals surface area contributed by atoms with Crippen molar-refractivity contribution in [2.75, 3.05) is 19.6 Å². The number of aryl methyl sites for hydroxylation is 1. The number of amides is 2. The van der Waals surface area contributed by atoms with E-state index in [1.54, 1.807) is 0 Å². The number of rotatable bonds is 9. The maximum atomic E-state index is 13.3. The first-order valence-corrected chi connectivity index (χ1v) is 14.6. The fraction of sp³-hybridized carbons (Fsp3) is 0.481. The zero-order valence-corrected chi connectivity index (χ0v) is 22.9. The fourth-order valence-corrected chi connectivity index (χ4v) is 6.69. The summed E-state index contributed by atoms with van der Waals surface area (Å²) >= 11 is 5.91. The minimum atomic E-state index is -3.98. The Balaban J connectivity index is 1.45. The second-order valence-corrected chi connectivity index (χ2v) is 12.5. The van der Waals surface area contributed by atoms with E-state index in [4.69, 9.17) is 11.6 Å². The van der Waals surface area contributed by atoms with Crippen LogP contribution in [0.15, 0.2) is 47.4 Å². The molecule has 4 rings (SSSR count). The Morgan fingerprint density at radius 2 is 1.95 bits per heavy atom. The predicted octanol–water partition coefficient (Wildman–Crippen LogP) is 3.16. The smallest absolute Gasteiger partial charge is 0.243 e. The SMILES string of the molecule is CC(C)CNCc1ccc2c(c1)CCC[C@H]2NC(=O)C[C@@H]1C(=O)NCCN1S(=O)(=O)c1ccc(Cl)cc1. The quantitative estimate of drug-likeness (QED) is 0.448. The number of piperazine rings is 1. The highest BCUT2D eigenvalue weighted by Crippen LogP contribution is 2.31. The molecule has 0 saturated carbocycles. The van der Waals surface area contributed by atoms with Crippen LogP contribution in [0, 0.1) is 5.92 Å². The Hall–Kier alpha value is -2.46. The van der Waals surface area contributed by atoms with Crippen LogP contribution in [0.2, 0.25) is 5.02 Å². The van der Waals surface area contributed by atoms with Gasteiger partial charge in [0.05, 0.1) is 17.4 Å². The van der Waals surface area contributed by atoms with Gasteiger partial charge in [-0.1, -0.05) is 43.6 Å². The zero-order valence-electron chi connectivity index (χ0n) is 21.3. The Morgan fingerprint density at radius 1 is 1.19 bits per heavy atom. The summed E-state index contributed by atoms with van der Waals surface area (Å²) in [6, 6.07) is 10.9. The molecular formula is C27H35ClN4O4S. The first-order chi connectivity index (χ1) is 17.6. The average molecular weight is 547 g/mol. The molecule has 8 nitrogen and oxygen atoms in total. The number of nitrogens with zero attached hydrogens (tertiary/aromatic N) is 1. The van der Waals surface area contributed by atoms with Gasteiger partial charge in [0.25, 0.3) is 0 Å². The van der Waals surface area contributed by atoms with Gasteiger partial charge in [-0.25, -0.2) is 8.42 Å². The molecule has 2 aromatic carbocycles. The van der Waals surface area contributed by atoms with Gasteiger partial charge in [0, 0.05) is 24.7 Å². The van der Waals surface area contributed by atoms with Crippen molar-refractivity contribution in [1.82, 2.24) is 20.3 Å². The number of fused-ring (bicyclic) bond motifs is 1. The predicted molar refractivity (Wildman–Crippen MR) is 144 cm³/mol. The lowest BCUT2D eigenvalue weighted by atomic mass is 9.86. The minimum Gasteiger partial charge on any atom is -0.353 e. The van der Waals surface area contributed by atoms with Gasteiger partial charge >= 0.3 is 0 Å². The molecule has 0 aromatic heterocycles. The van der Waals surface area contributed by atoms with E-state index in [0.717, 1.165) is 42.2 Å². The molecule has 0 unspecified atom stereocenters. The Bertz CT molecular complexity index is 1230. The van der Waals surface area contributed by atoms with Crippen LogP contribution < -0.4 is 16.0 Å². The van der Waals surface area contributed by atoms with E-state index < -0.39 is 22.0 Å². The molecular weight excluding hydrogens is 512 g/mol. The molecule has 1 saturated heterocycles. The largest absolute Gasteiger partial charge is 0.353 e. The summed E-state index contributed by atoms with van der Waals surface area (Å²) in [6.45, 7) is 6.39. The Labute approximate surface area is 224 Å². The van der Waals surface area contributed by atoms with Gasteiger partial charge in [-0.3, -0.25) is 9.59 Å². The maximum Gasteiger partial charge on any atom is 0.243 e. The van der Waals surface area contributed by atoms with Crippen LogP contribution in [0.25, 0.3) is 0 Å². The van der Waals surface area contributed by atoms with Crippen molar-refractivity contribution in [3.05, 3.63) is 64.2 Å². The van der Waals surface area contributed by atoms with Gasteiger partial charge in [-0.2, -0.15) is 4.31 Å². The highest BCUT2D eigenvalue weighted by atomic mass is 35.5. The van der Waals surface area contributed by atoms with E-state index in [1.165, 1.54) is 35.4 Å². The van der Waals surface area contributed by atoms with Crippen LogP contribution in [0.1, 0.15) is 55.8 Å². The molecule has 200 valence electrons. The summed E-state index contributed by atoms with van der Waals surface area (Å²) < 4.78 is 27.7. The summed E-state index contributed by atoms with van der Waals surface area (Å²) in [6.07, 6.45) is 2.45. The molecule has 2 amide bonds. The number of nitrogens with one attached hydrogen (secondary N) is 3. The van der Waals surface area contributed by atoms with Crippen molar-refractivity contribution in [1.29, 1.82) is 0 Å². The van der Waals surface area contributed by atoms with E-state index in [1.807, 2.05) is 0 Å². The summed E-state index contributed by atoms with van der Waals surface area (Å²) in [4.78, 5) is 25.9. The van der Waals surface area contributed by atoms with Gasteiger partial charge in [0.1, 0.15) is 6.04 Å². The lowest BCUT2D eigenvalue weighted by Crippen LogP contribution is -2.58. The van der Waals surface area contributed by atoms with Crippen molar-refractivity contribution in [2.24, 2.45) is 5.92 Å². The molecule has 3 N–H and O–H groups in total. The minimum absolute atomic E-state index is 0.0388. The van der Waals surface area contributed by atoms with E-state index in [-0.39, 0.29) is 36.4 Å². The summed E-state index contributed by atoms with van der Waals surface area (Å²) in [5.41, 5.74) is 3.53. The van der Waals surface area contributed by atoms with Crippen LogP contribution in [-0.4, -0.2) is 50.2 Å². The summed E-state index contributed by atoms with van der Waals surface area (Å²) in [5, 5.41) is 9.64. The van der Waals surface area contributed by atoms with E-state index in [2.05, 4.69) is 48.0 Å². The van der Waals surface area contributed by atoms with Crippen molar-refractivity contribution in [2.45, 2.75) is 63.1 Å². The first-order valence-electron chi connectivity index (χ1n) is 12.8. The van der Waals surface area contributed by atoms with Gasteiger partial charge < -0.3 is 16.0 Å². The van der Waals surface area contributed by atoms with Crippen LogP contribution >= 0.6 is 11.6 Å². The normalized spacial score (nSPS) is 20.4. The number of hydrogen-bond acceptors (Lipinski definition) is 5. The summed E-state index contributed by atoms with van der Waals surface area (Å²) in [7, 11) is -3.98.